The van der Waals surface area contributed by atoms with Gasteiger partial charge in [-0.05, 0) is 18.6 Å². The Morgan fingerprint density at radius 3 is 2.50 bits per heavy atom. The van der Waals surface area contributed by atoms with Crippen molar-refractivity contribution in [1.82, 2.24) is 5.01 Å². The number of hydrogen-bond donors (Lipinski definition) is 1. The summed E-state index contributed by atoms with van der Waals surface area (Å²) < 4.78 is 0.392. The summed E-state index contributed by atoms with van der Waals surface area (Å²) in [6, 6.07) is 7.90. The van der Waals surface area contributed by atoms with E-state index in [-0.39, 0.29) is 5.91 Å². The standard InChI is InChI=1S/C11H10N2OS2/c1-7-2-4-8(5-3-7)6-9-10(14)13(12)11(15)16-9/h2-6H,12H2,1H3/b9-6+. The monoisotopic (exact) mass is 250 g/mol. The van der Waals surface area contributed by atoms with Gasteiger partial charge in [0.2, 0.25) is 0 Å². The molecule has 0 radical (unpaired) electrons. The average molecular weight is 250 g/mol. The molecule has 16 heavy (non-hydrogen) atoms. The first kappa shape index (κ1) is 11.3. The third-order valence-electron chi connectivity index (χ3n) is 2.20. The molecule has 82 valence electrons. The third kappa shape index (κ3) is 2.16. The molecule has 1 saturated heterocycles. The zero-order valence-corrected chi connectivity index (χ0v) is 10.3. The van der Waals surface area contributed by atoms with Gasteiger partial charge in [0.1, 0.15) is 0 Å². The van der Waals surface area contributed by atoms with Crippen molar-refractivity contribution in [2.24, 2.45) is 5.84 Å². The minimum Gasteiger partial charge on any atom is -0.267 e. The molecule has 1 amide bonds. The Morgan fingerprint density at radius 2 is 2.00 bits per heavy atom. The Hall–Kier alpha value is -1.17. The van der Waals surface area contributed by atoms with E-state index in [4.69, 9.17) is 18.1 Å². The molecule has 0 aromatic heterocycles. The molecule has 0 spiro atoms. The van der Waals surface area contributed by atoms with Gasteiger partial charge in [-0.3, -0.25) is 4.79 Å². The van der Waals surface area contributed by atoms with E-state index in [1.807, 2.05) is 31.2 Å². The van der Waals surface area contributed by atoms with Crippen LogP contribution in [-0.4, -0.2) is 15.2 Å². The molecule has 1 heterocycles. The number of nitrogens with two attached hydrogens (primary N) is 1. The second-order valence-electron chi connectivity index (χ2n) is 3.46. The summed E-state index contributed by atoms with van der Waals surface area (Å²) in [6.07, 6.45) is 1.80. The molecule has 0 bridgehead atoms. The molecular formula is C11H10N2OS2. The number of benzene rings is 1. The highest BCUT2D eigenvalue weighted by molar-refractivity contribution is 8.26. The van der Waals surface area contributed by atoms with Gasteiger partial charge < -0.3 is 0 Å². The van der Waals surface area contributed by atoms with E-state index in [1.54, 1.807) is 6.08 Å². The Kier molecular flexibility index (Phi) is 3.09. The number of carbonyl (C=O) groups is 1. The van der Waals surface area contributed by atoms with Gasteiger partial charge in [-0.1, -0.05) is 53.8 Å². The van der Waals surface area contributed by atoms with Gasteiger partial charge in [0.15, 0.2) is 4.32 Å². The molecule has 1 aliphatic heterocycles. The Bertz CT molecular complexity index is 479. The SMILES string of the molecule is Cc1ccc(/C=C2/SC(=S)N(N)C2=O)cc1. The minimum atomic E-state index is -0.240. The number of thioether (sulfide) groups is 1. The predicted molar refractivity (Wildman–Crippen MR) is 70.4 cm³/mol. The van der Waals surface area contributed by atoms with Crippen molar-refractivity contribution in [2.45, 2.75) is 6.92 Å². The summed E-state index contributed by atoms with van der Waals surface area (Å²) in [4.78, 5) is 12.2. The summed E-state index contributed by atoms with van der Waals surface area (Å²) >= 11 is 6.16. The van der Waals surface area contributed by atoms with Gasteiger partial charge in [-0.15, -0.1) is 0 Å². The summed E-state index contributed by atoms with van der Waals surface area (Å²) in [5.74, 6) is 5.23. The maximum absolute atomic E-state index is 11.6. The van der Waals surface area contributed by atoms with Gasteiger partial charge in [-0.2, -0.15) is 0 Å². The van der Waals surface area contributed by atoms with Crippen LogP contribution in [0.2, 0.25) is 0 Å². The van der Waals surface area contributed by atoms with Crippen molar-refractivity contribution < 1.29 is 4.79 Å². The first-order valence-corrected chi connectivity index (χ1v) is 5.90. The largest absolute Gasteiger partial charge is 0.280 e. The zero-order chi connectivity index (χ0) is 11.7. The first-order valence-electron chi connectivity index (χ1n) is 4.67. The van der Waals surface area contributed by atoms with E-state index in [2.05, 4.69) is 0 Å². The summed E-state index contributed by atoms with van der Waals surface area (Å²) in [7, 11) is 0. The highest BCUT2D eigenvalue weighted by Gasteiger charge is 2.29. The van der Waals surface area contributed by atoms with Gasteiger partial charge in [0.25, 0.3) is 5.91 Å². The zero-order valence-electron chi connectivity index (χ0n) is 8.64. The Balaban J connectivity index is 2.29. The molecule has 1 aromatic carbocycles. The van der Waals surface area contributed by atoms with Crippen LogP contribution < -0.4 is 5.84 Å². The van der Waals surface area contributed by atoms with Crippen molar-refractivity contribution >= 4 is 40.3 Å². The smallest absolute Gasteiger partial charge is 0.267 e. The maximum atomic E-state index is 11.6. The van der Waals surface area contributed by atoms with Crippen LogP contribution in [0.25, 0.3) is 6.08 Å². The normalized spacial score (nSPS) is 18.6. The Labute approximate surface area is 103 Å². The lowest BCUT2D eigenvalue weighted by atomic mass is 10.1. The number of carbonyl (C=O) groups excluding carboxylic acids is 1. The van der Waals surface area contributed by atoms with Crippen molar-refractivity contribution in [3.63, 3.8) is 0 Å². The lowest BCUT2D eigenvalue weighted by molar-refractivity contribution is -0.122. The lowest BCUT2D eigenvalue weighted by Crippen LogP contribution is -2.34. The van der Waals surface area contributed by atoms with Crippen molar-refractivity contribution in [3.8, 4) is 0 Å². The van der Waals surface area contributed by atoms with E-state index in [9.17, 15) is 4.79 Å². The molecule has 2 N–H and O–H groups in total. The van der Waals surface area contributed by atoms with Crippen LogP contribution in [0.4, 0.5) is 0 Å². The molecule has 1 aliphatic rings. The topological polar surface area (TPSA) is 46.3 Å². The molecule has 1 aromatic rings. The van der Waals surface area contributed by atoms with Crippen molar-refractivity contribution in [3.05, 3.63) is 40.3 Å². The van der Waals surface area contributed by atoms with Gasteiger partial charge >= 0.3 is 0 Å². The molecule has 0 atom stereocenters. The molecule has 2 rings (SSSR count). The number of amides is 1. The van der Waals surface area contributed by atoms with Crippen LogP contribution >= 0.6 is 24.0 Å². The van der Waals surface area contributed by atoms with Crippen LogP contribution in [0.15, 0.2) is 29.2 Å². The van der Waals surface area contributed by atoms with E-state index >= 15 is 0 Å². The lowest BCUT2D eigenvalue weighted by Gasteiger charge is -2.02. The molecule has 0 saturated carbocycles. The second-order valence-corrected chi connectivity index (χ2v) is 5.14. The van der Waals surface area contributed by atoms with Crippen LogP contribution in [0.3, 0.4) is 0 Å². The number of nitrogens with zero attached hydrogens (tertiary/aromatic N) is 1. The highest BCUT2D eigenvalue weighted by Crippen LogP contribution is 2.30. The molecule has 0 unspecified atom stereocenters. The van der Waals surface area contributed by atoms with Crippen LogP contribution in [0.1, 0.15) is 11.1 Å². The molecule has 5 heteroatoms. The van der Waals surface area contributed by atoms with Gasteiger partial charge in [0, 0.05) is 0 Å². The first-order chi connectivity index (χ1) is 7.58. The number of hydrazine groups is 1. The number of thiocarbonyl (C=S) groups is 1. The quantitative estimate of drug-likeness (QED) is 0.359. The fourth-order valence-corrected chi connectivity index (χ4v) is 2.40. The molecule has 0 aliphatic carbocycles. The van der Waals surface area contributed by atoms with Crippen molar-refractivity contribution in [1.29, 1.82) is 0 Å². The summed E-state index contributed by atoms with van der Waals surface area (Å²) in [5.41, 5.74) is 2.16. The third-order valence-corrected chi connectivity index (χ3v) is 3.53. The van der Waals surface area contributed by atoms with Crippen LogP contribution in [0.5, 0.6) is 0 Å². The molecule has 3 nitrogen and oxygen atoms in total. The fraction of sp³-hybridized carbons (Fsp3) is 0.0909. The Morgan fingerprint density at radius 1 is 1.38 bits per heavy atom. The number of aryl methyl sites for hydroxylation is 1. The van der Waals surface area contributed by atoms with Crippen molar-refractivity contribution in [2.75, 3.05) is 0 Å². The van der Waals surface area contributed by atoms with Gasteiger partial charge in [-0.25, -0.2) is 10.9 Å². The highest BCUT2D eigenvalue weighted by atomic mass is 32.2. The van der Waals surface area contributed by atoms with E-state index in [0.717, 1.165) is 10.6 Å². The van der Waals surface area contributed by atoms with E-state index in [0.29, 0.717) is 9.23 Å². The number of rotatable bonds is 1. The summed E-state index contributed by atoms with van der Waals surface area (Å²) in [6.45, 7) is 2.02. The number of hydrogen-bond acceptors (Lipinski definition) is 4. The van der Waals surface area contributed by atoms with Crippen LogP contribution in [0, 0.1) is 6.92 Å². The summed E-state index contributed by atoms with van der Waals surface area (Å²) in [5, 5.41) is 1.00. The van der Waals surface area contributed by atoms with E-state index in [1.165, 1.54) is 17.3 Å². The van der Waals surface area contributed by atoms with E-state index < -0.39 is 0 Å². The predicted octanol–water partition coefficient (Wildman–Crippen LogP) is 2.07. The minimum absolute atomic E-state index is 0.240. The fourth-order valence-electron chi connectivity index (χ4n) is 1.29. The van der Waals surface area contributed by atoms with Gasteiger partial charge in [0.05, 0.1) is 4.91 Å². The molecular weight excluding hydrogens is 240 g/mol. The molecule has 1 fully saturated rings. The maximum Gasteiger partial charge on any atom is 0.280 e. The second kappa shape index (κ2) is 4.37. The average Bonchev–Trinajstić information content (AvgIpc) is 2.50. The van der Waals surface area contributed by atoms with Crippen LogP contribution in [-0.2, 0) is 4.79 Å².